The van der Waals surface area contributed by atoms with Crippen LogP contribution in [-0.4, -0.2) is 4.57 Å². The van der Waals surface area contributed by atoms with E-state index in [9.17, 15) is 0 Å². The van der Waals surface area contributed by atoms with Gasteiger partial charge in [0.15, 0.2) is 0 Å². The van der Waals surface area contributed by atoms with E-state index in [1.165, 1.54) is 21.8 Å². The Balaban J connectivity index is 2.04. The molecule has 0 atom stereocenters. The molecule has 0 N–H and O–H groups in total. The lowest BCUT2D eigenvalue weighted by Gasteiger charge is -2.12. The number of aromatic nitrogens is 1. The van der Waals surface area contributed by atoms with Crippen molar-refractivity contribution in [3.05, 3.63) is 88.4 Å². The Labute approximate surface area is 158 Å². The zero-order valence-electron chi connectivity index (χ0n) is 13.2. The molecule has 0 amide bonds. The monoisotopic (exact) mass is 405 g/mol. The fraction of sp³-hybridized carbons (Fsp3) is 0. The highest BCUT2D eigenvalue weighted by Crippen LogP contribution is 2.37. The third-order valence-electron chi connectivity index (χ3n) is 4.71. The van der Waals surface area contributed by atoms with Crippen molar-refractivity contribution in [1.29, 1.82) is 0 Å². The molecule has 0 spiro atoms. The number of nitrogens with zero attached hydrogens (tertiary/aromatic N) is 1. The number of hydrogen-bond acceptors (Lipinski definition) is 0. The minimum Gasteiger partial charge on any atom is -0.309 e. The summed E-state index contributed by atoms with van der Waals surface area (Å²) >= 11 is 10.2. The Bertz CT molecular complexity index is 1260. The van der Waals surface area contributed by atoms with Crippen LogP contribution in [0.15, 0.2) is 83.3 Å². The molecule has 5 rings (SSSR count). The summed E-state index contributed by atoms with van der Waals surface area (Å²) in [6, 6.07) is 27.3. The second kappa shape index (κ2) is 5.62. The van der Waals surface area contributed by atoms with Crippen molar-refractivity contribution in [2.45, 2.75) is 0 Å². The highest BCUT2D eigenvalue weighted by atomic mass is 79.9. The Hall–Kier alpha value is -2.29. The molecule has 1 aromatic heterocycles. The maximum absolute atomic E-state index is 6.59. The van der Waals surface area contributed by atoms with E-state index in [2.05, 4.69) is 87.2 Å². The van der Waals surface area contributed by atoms with Crippen LogP contribution in [0.2, 0.25) is 5.02 Å². The molecule has 0 saturated carbocycles. The second-order valence-corrected chi connectivity index (χ2v) is 7.45. The van der Waals surface area contributed by atoms with Crippen LogP contribution in [0.1, 0.15) is 0 Å². The third-order valence-corrected chi connectivity index (χ3v) is 5.52. The van der Waals surface area contributed by atoms with Gasteiger partial charge in [0.1, 0.15) is 0 Å². The quantitative estimate of drug-likeness (QED) is 0.274. The van der Waals surface area contributed by atoms with E-state index in [0.29, 0.717) is 0 Å². The summed E-state index contributed by atoms with van der Waals surface area (Å²) in [6.07, 6.45) is 0. The summed E-state index contributed by atoms with van der Waals surface area (Å²) < 4.78 is 3.37. The van der Waals surface area contributed by atoms with E-state index in [0.717, 1.165) is 26.0 Å². The van der Waals surface area contributed by atoms with Crippen molar-refractivity contribution in [3.8, 4) is 5.69 Å². The summed E-state index contributed by atoms with van der Waals surface area (Å²) in [5.74, 6) is 0. The first kappa shape index (κ1) is 15.0. The standard InChI is InChI=1S/C22H13BrClN/c23-15-11-12-17-16-7-1-2-9-19(16)25(21(17)13-15)20-10-4-6-14-5-3-8-18(24)22(14)20/h1-13H. The fourth-order valence-corrected chi connectivity index (χ4v) is 4.29. The number of para-hydroxylation sites is 1. The van der Waals surface area contributed by atoms with Gasteiger partial charge in [0.05, 0.1) is 21.7 Å². The maximum atomic E-state index is 6.59. The Morgan fingerprint density at radius 3 is 2.36 bits per heavy atom. The first-order valence-corrected chi connectivity index (χ1v) is 9.27. The molecule has 0 radical (unpaired) electrons. The zero-order valence-corrected chi connectivity index (χ0v) is 15.6. The lowest BCUT2D eigenvalue weighted by molar-refractivity contribution is 1.20. The molecule has 0 fully saturated rings. The van der Waals surface area contributed by atoms with Gasteiger partial charge in [-0.05, 0) is 35.7 Å². The molecule has 5 aromatic rings. The lowest BCUT2D eigenvalue weighted by atomic mass is 10.1. The predicted molar refractivity (Wildman–Crippen MR) is 111 cm³/mol. The molecule has 120 valence electrons. The van der Waals surface area contributed by atoms with Gasteiger partial charge in [0.25, 0.3) is 0 Å². The van der Waals surface area contributed by atoms with Crippen LogP contribution in [0, 0.1) is 0 Å². The van der Waals surface area contributed by atoms with E-state index in [4.69, 9.17) is 11.6 Å². The van der Waals surface area contributed by atoms with Crippen molar-refractivity contribution < 1.29 is 0 Å². The van der Waals surface area contributed by atoms with Crippen LogP contribution in [0.3, 0.4) is 0 Å². The smallest absolute Gasteiger partial charge is 0.0555 e. The molecular formula is C22H13BrClN. The number of benzene rings is 4. The molecule has 0 saturated heterocycles. The van der Waals surface area contributed by atoms with Crippen molar-refractivity contribution >= 4 is 60.1 Å². The van der Waals surface area contributed by atoms with Crippen molar-refractivity contribution in [2.24, 2.45) is 0 Å². The molecule has 0 unspecified atom stereocenters. The summed E-state index contributed by atoms with van der Waals surface area (Å²) in [7, 11) is 0. The van der Waals surface area contributed by atoms with Crippen LogP contribution in [0.25, 0.3) is 38.3 Å². The topological polar surface area (TPSA) is 4.93 Å². The van der Waals surface area contributed by atoms with Gasteiger partial charge in [-0.3, -0.25) is 0 Å². The highest BCUT2D eigenvalue weighted by molar-refractivity contribution is 9.10. The minimum atomic E-state index is 0.772. The van der Waals surface area contributed by atoms with Crippen LogP contribution in [0.5, 0.6) is 0 Å². The van der Waals surface area contributed by atoms with E-state index in [1.807, 2.05) is 12.1 Å². The number of fused-ring (bicyclic) bond motifs is 4. The molecular weight excluding hydrogens is 394 g/mol. The third kappa shape index (κ3) is 2.21. The maximum Gasteiger partial charge on any atom is 0.0555 e. The molecule has 25 heavy (non-hydrogen) atoms. The van der Waals surface area contributed by atoms with Crippen molar-refractivity contribution in [1.82, 2.24) is 4.57 Å². The summed E-state index contributed by atoms with van der Waals surface area (Å²) in [5, 5.41) is 5.48. The summed E-state index contributed by atoms with van der Waals surface area (Å²) in [6.45, 7) is 0. The molecule has 0 bridgehead atoms. The normalized spacial score (nSPS) is 11.6. The van der Waals surface area contributed by atoms with E-state index in [1.54, 1.807) is 0 Å². The summed E-state index contributed by atoms with van der Waals surface area (Å²) in [4.78, 5) is 0. The van der Waals surface area contributed by atoms with Crippen LogP contribution in [-0.2, 0) is 0 Å². The Morgan fingerprint density at radius 2 is 1.48 bits per heavy atom. The molecule has 1 nitrogen and oxygen atoms in total. The Morgan fingerprint density at radius 1 is 0.720 bits per heavy atom. The minimum absolute atomic E-state index is 0.772. The predicted octanol–water partition coefficient (Wildman–Crippen LogP) is 7.35. The van der Waals surface area contributed by atoms with Gasteiger partial charge in [0, 0.05) is 20.6 Å². The number of halogens is 2. The van der Waals surface area contributed by atoms with Crippen LogP contribution < -0.4 is 0 Å². The van der Waals surface area contributed by atoms with Crippen molar-refractivity contribution in [3.63, 3.8) is 0 Å². The average molecular weight is 407 g/mol. The number of rotatable bonds is 1. The van der Waals surface area contributed by atoms with Crippen LogP contribution in [0.4, 0.5) is 0 Å². The molecule has 1 heterocycles. The molecule has 4 aromatic carbocycles. The molecule has 0 aliphatic carbocycles. The number of hydrogen-bond donors (Lipinski definition) is 0. The molecule has 3 heteroatoms. The molecule has 0 aliphatic heterocycles. The van der Waals surface area contributed by atoms with E-state index < -0.39 is 0 Å². The second-order valence-electron chi connectivity index (χ2n) is 6.13. The lowest BCUT2D eigenvalue weighted by Crippen LogP contribution is -1.95. The fourth-order valence-electron chi connectivity index (χ4n) is 3.67. The van der Waals surface area contributed by atoms with E-state index in [-0.39, 0.29) is 0 Å². The van der Waals surface area contributed by atoms with Gasteiger partial charge >= 0.3 is 0 Å². The Kier molecular flexibility index (Phi) is 3.37. The van der Waals surface area contributed by atoms with Gasteiger partial charge in [0.2, 0.25) is 0 Å². The largest absolute Gasteiger partial charge is 0.309 e. The average Bonchev–Trinajstić information content (AvgIpc) is 2.95. The SMILES string of the molecule is Clc1cccc2cccc(-n3c4ccccc4c4ccc(Br)cc43)c12. The highest BCUT2D eigenvalue weighted by Gasteiger charge is 2.15. The first-order chi connectivity index (χ1) is 12.2. The van der Waals surface area contributed by atoms with E-state index >= 15 is 0 Å². The van der Waals surface area contributed by atoms with Gasteiger partial charge in [-0.25, -0.2) is 0 Å². The van der Waals surface area contributed by atoms with Gasteiger partial charge in [-0.2, -0.15) is 0 Å². The summed E-state index contributed by atoms with van der Waals surface area (Å²) in [5.41, 5.74) is 3.46. The van der Waals surface area contributed by atoms with Crippen molar-refractivity contribution in [2.75, 3.05) is 0 Å². The van der Waals surface area contributed by atoms with Crippen LogP contribution >= 0.6 is 27.5 Å². The first-order valence-electron chi connectivity index (χ1n) is 8.10. The molecule has 0 aliphatic rings. The zero-order chi connectivity index (χ0) is 17.0. The van der Waals surface area contributed by atoms with Gasteiger partial charge in [-0.15, -0.1) is 0 Å². The van der Waals surface area contributed by atoms with Gasteiger partial charge in [-0.1, -0.05) is 76.1 Å². The van der Waals surface area contributed by atoms with Gasteiger partial charge < -0.3 is 4.57 Å².